The van der Waals surface area contributed by atoms with E-state index in [0.717, 1.165) is 37.2 Å². The Balaban J connectivity index is 2.48. The second-order valence-corrected chi connectivity index (χ2v) is 4.91. The molecule has 0 saturated carbocycles. The summed E-state index contributed by atoms with van der Waals surface area (Å²) in [6.07, 6.45) is 2.40. The fourth-order valence-corrected chi connectivity index (χ4v) is 2.48. The molecule has 96 valence electrons. The lowest BCUT2D eigenvalue weighted by atomic mass is 10.0. The Labute approximate surface area is 118 Å². The molecule has 0 aromatic heterocycles. The molecule has 4 heteroatoms. The Hall–Kier alpha value is -1.97. The molecule has 0 unspecified atom stereocenters. The van der Waals surface area contributed by atoms with Gasteiger partial charge < -0.3 is 4.90 Å². The van der Waals surface area contributed by atoms with Gasteiger partial charge in [0.2, 0.25) is 0 Å². The Morgan fingerprint density at radius 3 is 2.32 bits per heavy atom. The smallest absolute Gasteiger partial charge is 0.0980 e. The maximum atomic E-state index is 9.29. The number of benzene rings is 1. The van der Waals surface area contributed by atoms with Gasteiger partial charge in [-0.2, -0.15) is 10.5 Å². The summed E-state index contributed by atoms with van der Waals surface area (Å²) >= 11 is 5.90. The SMILES string of the molecule is N#CC/C(C#N)=C(\c1ccc(Cl)cc1)N1CCCC1. The third-order valence-electron chi connectivity index (χ3n) is 3.22. The van der Waals surface area contributed by atoms with Crippen LogP contribution < -0.4 is 0 Å². The topological polar surface area (TPSA) is 50.8 Å². The highest BCUT2D eigenvalue weighted by Crippen LogP contribution is 2.29. The summed E-state index contributed by atoms with van der Waals surface area (Å²) in [5.41, 5.74) is 2.38. The normalized spacial score (nSPS) is 15.6. The van der Waals surface area contributed by atoms with Crippen LogP contribution in [0.15, 0.2) is 29.8 Å². The van der Waals surface area contributed by atoms with Crippen LogP contribution in [0.1, 0.15) is 24.8 Å². The molecule has 0 atom stereocenters. The molecule has 1 fully saturated rings. The third-order valence-corrected chi connectivity index (χ3v) is 3.47. The number of nitriles is 2. The monoisotopic (exact) mass is 271 g/mol. The van der Waals surface area contributed by atoms with Crippen LogP contribution in [-0.4, -0.2) is 18.0 Å². The lowest BCUT2D eigenvalue weighted by Gasteiger charge is -2.23. The van der Waals surface area contributed by atoms with Crippen molar-refractivity contribution in [2.24, 2.45) is 0 Å². The van der Waals surface area contributed by atoms with Crippen LogP contribution >= 0.6 is 11.6 Å². The van der Waals surface area contributed by atoms with Gasteiger partial charge in [-0.15, -0.1) is 0 Å². The zero-order chi connectivity index (χ0) is 13.7. The van der Waals surface area contributed by atoms with Crippen molar-refractivity contribution in [3.63, 3.8) is 0 Å². The molecule has 0 spiro atoms. The third kappa shape index (κ3) is 3.08. The first kappa shape index (κ1) is 13.5. The first-order valence-electron chi connectivity index (χ1n) is 6.27. The predicted octanol–water partition coefficient (Wildman–Crippen LogP) is 3.58. The first-order valence-corrected chi connectivity index (χ1v) is 6.65. The molecule has 1 aromatic carbocycles. The van der Waals surface area contributed by atoms with E-state index in [1.165, 1.54) is 0 Å². The minimum absolute atomic E-state index is 0.144. The van der Waals surface area contributed by atoms with E-state index >= 15 is 0 Å². The highest BCUT2D eigenvalue weighted by molar-refractivity contribution is 6.30. The molecule has 1 heterocycles. The van der Waals surface area contributed by atoms with Crippen LogP contribution in [0.25, 0.3) is 5.70 Å². The number of likely N-dealkylation sites (tertiary alicyclic amines) is 1. The molecule has 19 heavy (non-hydrogen) atoms. The minimum atomic E-state index is 0.144. The zero-order valence-corrected chi connectivity index (χ0v) is 11.3. The molecular formula is C15H14ClN3. The average Bonchev–Trinajstić information content (AvgIpc) is 2.94. The van der Waals surface area contributed by atoms with E-state index in [0.29, 0.717) is 10.6 Å². The number of halogens is 1. The molecule has 0 aliphatic carbocycles. The molecule has 0 N–H and O–H groups in total. The Bertz CT molecular complexity index is 555. The highest BCUT2D eigenvalue weighted by atomic mass is 35.5. The standard InChI is InChI=1S/C15H14ClN3/c16-14-5-3-12(4-6-14)15(13(11-18)7-8-17)19-9-1-2-10-19/h3-6H,1-2,7,9-10H2/b15-13-. The van der Waals surface area contributed by atoms with Gasteiger partial charge in [0.1, 0.15) is 0 Å². The molecule has 0 radical (unpaired) electrons. The summed E-state index contributed by atoms with van der Waals surface area (Å²) in [7, 11) is 0. The van der Waals surface area contributed by atoms with Gasteiger partial charge in [-0.3, -0.25) is 0 Å². The van der Waals surface area contributed by atoms with E-state index in [-0.39, 0.29) is 6.42 Å². The van der Waals surface area contributed by atoms with E-state index < -0.39 is 0 Å². The van der Waals surface area contributed by atoms with Crippen molar-refractivity contribution in [1.29, 1.82) is 10.5 Å². The maximum absolute atomic E-state index is 9.29. The number of hydrogen-bond donors (Lipinski definition) is 0. The summed E-state index contributed by atoms with van der Waals surface area (Å²) in [4.78, 5) is 2.19. The summed E-state index contributed by atoms with van der Waals surface area (Å²) in [5, 5.41) is 18.8. The fraction of sp³-hybridized carbons (Fsp3) is 0.333. The van der Waals surface area contributed by atoms with Crippen molar-refractivity contribution in [2.45, 2.75) is 19.3 Å². The lowest BCUT2D eigenvalue weighted by Crippen LogP contribution is -2.19. The van der Waals surface area contributed by atoms with E-state index in [2.05, 4.69) is 17.0 Å². The summed E-state index contributed by atoms with van der Waals surface area (Å²) in [6, 6.07) is 11.7. The van der Waals surface area contributed by atoms with Crippen molar-refractivity contribution in [1.82, 2.24) is 4.90 Å². The largest absolute Gasteiger partial charge is 0.370 e. The Morgan fingerprint density at radius 1 is 1.16 bits per heavy atom. The Kier molecular flexibility index (Phi) is 4.44. The number of nitrogens with zero attached hydrogens (tertiary/aromatic N) is 3. The van der Waals surface area contributed by atoms with Gasteiger partial charge in [0.25, 0.3) is 0 Å². The predicted molar refractivity (Wildman–Crippen MR) is 75.0 cm³/mol. The summed E-state index contributed by atoms with van der Waals surface area (Å²) < 4.78 is 0. The number of hydrogen-bond acceptors (Lipinski definition) is 3. The molecule has 3 nitrogen and oxygen atoms in total. The van der Waals surface area contributed by atoms with E-state index in [4.69, 9.17) is 16.9 Å². The van der Waals surface area contributed by atoms with Gasteiger partial charge in [0.15, 0.2) is 0 Å². The van der Waals surface area contributed by atoms with E-state index in [1.807, 2.05) is 24.3 Å². The van der Waals surface area contributed by atoms with Crippen LogP contribution in [0.4, 0.5) is 0 Å². The van der Waals surface area contributed by atoms with E-state index in [1.54, 1.807) is 0 Å². The van der Waals surface area contributed by atoms with Gasteiger partial charge >= 0.3 is 0 Å². The molecule has 2 rings (SSSR count). The average molecular weight is 272 g/mol. The van der Waals surface area contributed by atoms with Crippen molar-refractivity contribution >= 4 is 17.3 Å². The summed E-state index contributed by atoms with van der Waals surface area (Å²) in [5.74, 6) is 0. The molecule has 1 aliphatic rings. The molecule has 1 saturated heterocycles. The Morgan fingerprint density at radius 2 is 1.79 bits per heavy atom. The van der Waals surface area contributed by atoms with Gasteiger partial charge in [0.05, 0.1) is 29.8 Å². The molecule has 1 aromatic rings. The van der Waals surface area contributed by atoms with Crippen LogP contribution in [0, 0.1) is 22.7 Å². The van der Waals surface area contributed by atoms with Crippen molar-refractivity contribution in [3.05, 3.63) is 40.4 Å². The quantitative estimate of drug-likeness (QED) is 0.790. The molecular weight excluding hydrogens is 258 g/mol. The second-order valence-electron chi connectivity index (χ2n) is 4.47. The van der Waals surface area contributed by atoms with Crippen LogP contribution in [0.3, 0.4) is 0 Å². The van der Waals surface area contributed by atoms with Crippen molar-refractivity contribution < 1.29 is 0 Å². The lowest BCUT2D eigenvalue weighted by molar-refractivity contribution is 0.490. The van der Waals surface area contributed by atoms with Gasteiger partial charge in [-0.05, 0) is 30.5 Å². The van der Waals surface area contributed by atoms with E-state index in [9.17, 15) is 5.26 Å². The van der Waals surface area contributed by atoms with Crippen molar-refractivity contribution in [3.8, 4) is 12.1 Å². The second kappa shape index (κ2) is 6.27. The van der Waals surface area contributed by atoms with Gasteiger partial charge in [-0.1, -0.05) is 23.7 Å². The number of allylic oxidation sites excluding steroid dienone is 1. The van der Waals surface area contributed by atoms with Gasteiger partial charge in [-0.25, -0.2) is 0 Å². The van der Waals surface area contributed by atoms with Crippen LogP contribution in [-0.2, 0) is 0 Å². The maximum Gasteiger partial charge on any atom is 0.0980 e. The van der Waals surface area contributed by atoms with Crippen molar-refractivity contribution in [2.75, 3.05) is 13.1 Å². The van der Waals surface area contributed by atoms with Crippen LogP contribution in [0.5, 0.6) is 0 Å². The number of rotatable bonds is 3. The summed E-state index contributed by atoms with van der Waals surface area (Å²) in [6.45, 7) is 1.88. The highest BCUT2D eigenvalue weighted by Gasteiger charge is 2.20. The molecule has 0 bridgehead atoms. The molecule has 1 aliphatic heterocycles. The zero-order valence-electron chi connectivity index (χ0n) is 10.6. The minimum Gasteiger partial charge on any atom is -0.370 e. The van der Waals surface area contributed by atoms with Gasteiger partial charge in [0, 0.05) is 18.1 Å². The first-order chi connectivity index (χ1) is 9.26. The van der Waals surface area contributed by atoms with Crippen LogP contribution in [0.2, 0.25) is 5.02 Å². The molecule has 0 amide bonds. The fourth-order valence-electron chi connectivity index (χ4n) is 2.35.